The third-order valence-electron chi connectivity index (χ3n) is 3.93. The molecule has 3 aromatic carbocycles. The second kappa shape index (κ2) is 8.05. The lowest BCUT2D eigenvalue weighted by Gasteiger charge is -2.11. The lowest BCUT2D eigenvalue weighted by Crippen LogP contribution is -2.13. The van der Waals surface area contributed by atoms with Gasteiger partial charge in [0.25, 0.3) is 15.7 Å². The Labute approximate surface area is 161 Å². The van der Waals surface area contributed by atoms with Crippen molar-refractivity contribution in [3.05, 3.63) is 94.3 Å². The second-order valence-electron chi connectivity index (χ2n) is 5.85. The molecule has 0 heterocycles. The molecule has 0 aliphatic heterocycles. The van der Waals surface area contributed by atoms with E-state index in [2.05, 4.69) is 10.0 Å². The number of halogens is 1. The summed E-state index contributed by atoms with van der Waals surface area (Å²) in [6.07, 6.45) is 0. The van der Waals surface area contributed by atoms with Gasteiger partial charge in [-0.05, 0) is 30.3 Å². The van der Waals surface area contributed by atoms with E-state index in [1.54, 1.807) is 48.5 Å². The van der Waals surface area contributed by atoms with Crippen molar-refractivity contribution in [2.24, 2.45) is 0 Å². The lowest BCUT2D eigenvalue weighted by atomic mass is 10.2. The largest absolute Gasteiger partial charge is 0.375 e. The molecule has 0 radical (unpaired) electrons. The average Bonchev–Trinajstić information content (AvgIpc) is 2.67. The molecule has 0 atom stereocenters. The Morgan fingerprint density at radius 3 is 2.32 bits per heavy atom. The monoisotopic (exact) mass is 401 g/mol. The quantitative estimate of drug-likeness (QED) is 0.458. The molecule has 0 fully saturated rings. The van der Waals surface area contributed by atoms with Gasteiger partial charge < -0.3 is 5.32 Å². The zero-order chi connectivity index (χ0) is 20.1. The summed E-state index contributed by atoms with van der Waals surface area (Å²) in [5.74, 6) is -0.441. The van der Waals surface area contributed by atoms with Gasteiger partial charge in [0.1, 0.15) is 11.5 Å². The predicted molar refractivity (Wildman–Crippen MR) is 104 cm³/mol. The minimum Gasteiger partial charge on any atom is -0.375 e. The van der Waals surface area contributed by atoms with Crippen molar-refractivity contribution in [2.45, 2.75) is 11.4 Å². The highest BCUT2D eigenvalue weighted by molar-refractivity contribution is 7.92. The van der Waals surface area contributed by atoms with E-state index in [9.17, 15) is 22.9 Å². The molecule has 2 N–H and O–H groups in total. The first-order valence-corrected chi connectivity index (χ1v) is 9.69. The molecule has 0 aromatic heterocycles. The molecule has 7 nitrogen and oxygen atoms in total. The van der Waals surface area contributed by atoms with Crippen molar-refractivity contribution in [1.82, 2.24) is 0 Å². The van der Waals surface area contributed by atoms with Crippen LogP contribution in [0.2, 0.25) is 0 Å². The summed E-state index contributed by atoms with van der Waals surface area (Å²) in [6.45, 7) is 0.0157. The molecule has 0 saturated carbocycles. The first-order valence-electron chi connectivity index (χ1n) is 8.20. The van der Waals surface area contributed by atoms with Gasteiger partial charge in [0.2, 0.25) is 0 Å². The Balaban J connectivity index is 1.86. The molecule has 0 saturated heterocycles. The molecule has 3 rings (SSSR count). The maximum Gasteiger partial charge on any atom is 0.293 e. The number of rotatable bonds is 7. The van der Waals surface area contributed by atoms with Crippen molar-refractivity contribution in [2.75, 3.05) is 10.0 Å². The van der Waals surface area contributed by atoms with Gasteiger partial charge in [0, 0.05) is 23.9 Å². The summed E-state index contributed by atoms with van der Waals surface area (Å²) < 4.78 is 41.1. The maximum absolute atomic E-state index is 13.7. The topological polar surface area (TPSA) is 101 Å². The normalized spacial score (nSPS) is 11.0. The molecular formula is C19H16FN3O4S. The molecule has 0 unspecified atom stereocenters. The van der Waals surface area contributed by atoms with Crippen LogP contribution in [0.3, 0.4) is 0 Å². The minimum atomic E-state index is -4.00. The minimum absolute atomic E-state index is 0.0157. The van der Waals surface area contributed by atoms with E-state index < -0.39 is 26.5 Å². The zero-order valence-electron chi connectivity index (χ0n) is 14.5. The van der Waals surface area contributed by atoms with E-state index in [-0.39, 0.29) is 17.1 Å². The molecule has 9 heteroatoms. The number of nitrogens with zero attached hydrogens (tertiary/aromatic N) is 1. The van der Waals surface area contributed by atoms with Crippen LogP contribution in [0.1, 0.15) is 5.56 Å². The number of para-hydroxylation sites is 1. The first-order chi connectivity index (χ1) is 13.4. The number of nitrogens with one attached hydrogen (secondary N) is 2. The first kappa shape index (κ1) is 19.3. The number of benzene rings is 3. The van der Waals surface area contributed by atoms with Crippen LogP contribution in [0.5, 0.6) is 0 Å². The highest BCUT2D eigenvalue weighted by atomic mass is 32.2. The summed E-state index contributed by atoms with van der Waals surface area (Å²) in [5.41, 5.74) is 0.338. The Kier molecular flexibility index (Phi) is 5.55. The number of hydrogen-bond acceptors (Lipinski definition) is 5. The van der Waals surface area contributed by atoms with E-state index in [4.69, 9.17) is 0 Å². The van der Waals surface area contributed by atoms with Gasteiger partial charge in [0.05, 0.1) is 9.82 Å². The SMILES string of the molecule is O=[N+]([O-])c1cc(S(=O)(=O)Nc2ccccc2)ccc1NCc1ccccc1F. The van der Waals surface area contributed by atoms with Gasteiger partial charge in [-0.1, -0.05) is 36.4 Å². The van der Waals surface area contributed by atoms with Crippen LogP contribution < -0.4 is 10.0 Å². The average molecular weight is 401 g/mol. The van der Waals surface area contributed by atoms with E-state index >= 15 is 0 Å². The molecule has 0 aliphatic rings. The molecule has 3 aromatic rings. The van der Waals surface area contributed by atoms with Crippen molar-refractivity contribution in [3.63, 3.8) is 0 Å². The van der Waals surface area contributed by atoms with E-state index in [0.717, 1.165) is 6.07 Å². The summed E-state index contributed by atoms with van der Waals surface area (Å²) in [6, 6.07) is 17.7. The van der Waals surface area contributed by atoms with Gasteiger partial charge in [-0.15, -0.1) is 0 Å². The Bertz CT molecular complexity index is 1110. The van der Waals surface area contributed by atoms with Crippen molar-refractivity contribution in [3.8, 4) is 0 Å². The van der Waals surface area contributed by atoms with Crippen LogP contribution >= 0.6 is 0 Å². The predicted octanol–water partition coefficient (Wildman–Crippen LogP) is 4.15. The summed E-state index contributed by atoms with van der Waals surface area (Å²) >= 11 is 0. The highest BCUT2D eigenvalue weighted by Gasteiger charge is 2.21. The fourth-order valence-corrected chi connectivity index (χ4v) is 3.61. The van der Waals surface area contributed by atoms with Gasteiger partial charge in [0.15, 0.2) is 0 Å². The van der Waals surface area contributed by atoms with Crippen LogP contribution in [0.4, 0.5) is 21.5 Å². The summed E-state index contributed by atoms with van der Waals surface area (Å²) in [5, 5.41) is 14.2. The van der Waals surface area contributed by atoms with Crippen LogP contribution in [0, 0.1) is 15.9 Å². The lowest BCUT2D eigenvalue weighted by molar-refractivity contribution is -0.384. The van der Waals surface area contributed by atoms with E-state index in [0.29, 0.717) is 11.3 Å². The molecule has 28 heavy (non-hydrogen) atoms. The zero-order valence-corrected chi connectivity index (χ0v) is 15.3. The smallest absolute Gasteiger partial charge is 0.293 e. The highest BCUT2D eigenvalue weighted by Crippen LogP contribution is 2.29. The molecular weight excluding hydrogens is 385 g/mol. The van der Waals surface area contributed by atoms with Crippen LogP contribution in [-0.4, -0.2) is 13.3 Å². The number of sulfonamides is 1. The number of nitro groups is 1. The molecule has 0 spiro atoms. The van der Waals surface area contributed by atoms with Crippen LogP contribution in [0.15, 0.2) is 77.7 Å². The second-order valence-corrected chi connectivity index (χ2v) is 7.53. The van der Waals surface area contributed by atoms with E-state index in [1.165, 1.54) is 18.2 Å². The Hall–Kier alpha value is -3.46. The van der Waals surface area contributed by atoms with Gasteiger partial charge in [-0.2, -0.15) is 0 Å². The van der Waals surface area contributed by atoms with Crippen LogP contribution in [0.25, 0.3) is 0 Å². The van der Waals surface area contributed by atoms with Gasteiger partial charge >= 0.3 is 0 Å². The number of anilines is 2. The Morgan fingerprint density at radius 1 is 0.964 bits per heavy atom. The van der Waals surface area contributed by atoms with E-state index in [1.807, 2.05) is 0 Å². The van der Waals surface area contributed by atoms with Gasteiger partial charge in [-0.25, -0.2) is 12.8 Å². The molecule has 0 aliphatic carbocycles. The fourth-order valence-electron chi connectivity index (χ4n) is 2.53. The maximum atomic E-state index is 13.7. The van der Waals surface area contributed by atoms with Crippen molar-refractivity contribution >= 4 is 27.1 Å². The third kappa shape index (κ3) is 4.44. The molecule has 0 amide bonds. The number of nitro benzene ring substituents is 1. The summed E-state index contributed by atoms with van der Waals surface area (Å²) in [7, 11) is -4.00. The van der Waals surface area contributed by atoms with Gasteiger partial charge in [-0.3, -0.25) is 14.8 Å². The standard InChI is InChI=1S/C19H16FN3O4S/c20-17-9-5-4-6-14(17)13-21-18-11-10-16(12-19(18)23(24)25)28(26,27)22-15-7-2-1-3-8-15/h1-12,21-22H,13H2. The fraction of sp³-hybridized carbons (Fsp3) is 0.0526. The van der Waals surface area contributed by atoms with Crippen molar-refractivity contribution < 1.29 is 17.7 Å². The molecule has 144 valence electrons. The number of hydrogen-bond donors (Lipinski definition) is 2. The van der Waals surface area contributed by atoms with Crippen molar-refractivity contribution in [1.29, 1.82) is 0 Å². The molecule has 0 bridgehead atoms. The Morgan fingerprint density at radius 2 is 1.64 bits per heavy atom. The summed E-state index contributed by atoms with van der Waals surface area (Å²) in [4.78, 5) is 10.5. The van der Waals surface area contributed by atoms with Crippen LogP contribution in [-0.2, 0) is 16.6 Å². The third-order valence-corrected chi connectivity index (χ3v) is 5.31.